The molecule has 0 bridgehead atoms. The number of thiophene rings is 1. The Morgan fingerprint density at radius 2 is 1.79 bits per heavy atom. The van der Waals surface area contributed by atoms with Crippen molar-refractivity contribution in [2.75, 3.05) is 12.4 Å². The second-order valence-electron chi connectivity index (χ2n) is 7.61. The van der Waals surface area contributed by atoms with Gasteiger partial charge in [-0.25, -0.2) is 0 Å². The van der Waals surface area contributed by atoms with Gasteiger partial charge in [0.2, 0.25) is 11.8 Å². The molecule has 1 aromatic heterocycles. The van der Waals surface area contributed by atoms with E-state index in [2.05, 4.69) is 10.6 Å². The first-order valence-electron chi connectivity index (χ1n) is 10.8. The third-order valence-electron chi connectivity index (χ3n) is 5.09. The summed E-state index contributed by atoms with van der Waals surface area (Å²) in [5, 5.41) is 7.77. The fraction of sp³-hybridized carbons (Fsp3) is 0.231. The molecule has 34 heavy (non-hydrogen) atoms. The third-order valence-corrected chi connectivity index (χ3v) is 5.99. The van der Waals surface area contributed by atoms with Crippen LogP contribution in [0.5, 0.6) is 5.75 Å². The first-order chi connectivity index (χ1) is 16.0. The van der Waals surface area contributed by atoms with E-state index in [0.29, 0.717) is 24.3 Å². The van der Waals surface area contributed by atoms with Gasteiger partial charge in [0.1, 0.15) is 5.75 Å². The van der Waals surface area contributed by atoms with Crippen molar-refractivity contribution >= 4 is 41.2 Å². The Morgan fingerprint density at radius 1 is 1.06 bits per heavy atom. The summed E-state index contributed by atoms with van der Waals surface area (Å²) in [4.78, 5) is 26.2. The highest BCUT2D eigenvalue weighted by molar-refractivity contribution is 7.09. The maximum atomic E-state index is 12.7. The van der Waals surface area contributed by atoms with Crippen LogP contribution in [0.4, 0.5) is 5.69 Å². The number of methoxy groups -OCH3 is 1. The first-order valence-corrected chi connectivity index (χ1v) is 11.7. The second kappa shape index (κ2) is 14.2. The Balaban J connectivity index is 0.00000408. The van der Waals surface area contributed by atoms with Crippen molar-refractivity contribution < 1.29 is 14.3 Å². The number of nitrogens with two attached hydrogens (primary N) is 1. The predicted octanol–water partition coefficient (Wildman–Crippen LogP) is 4.36. The maximum Gasteiger partial charge on any atom is 0.248 e. The van der Waals surface area contributed by atoms with Gasteiger partial charge in [0.05, 0.1) is 13.2 Å². The molecular weight excluding hydrogens is 470 g/mol. The van der Waals surface area contributed by atoms with Crippen LogP contribution in [-0.2, 0) is 22.4 Å². The molecule has 6 nitrogen and oxygen atoms in total. The molecule has 1 heterocycles. The Morgan fingerprint density at radius 3 is 2.44 bits per heavy atom. The van der Waals surface area contributed by atoms with E-state index in [0.717, 1.165) is 16.9 Å². The molecule has 3 aromatic rings. The maximum absolute atomic E-state index is 12.7. The van der Waals surface area contributed by atoms with Gasteiger partial charge >= 0.3 is 0 Å². The number of anilines is 1. The van der Waals surface area contributed by atoms with Crippen LogP contribution in [0.25, 0.3) is 0 Å². The highest BCUT2D eigenvalue weighted by Gasteiger charge is 2.18. The summed E-state index contributed by atoms with van der Waals surface area (Å²) >= 11 is 1.58. The van der Waals surface area contributed by atoms with Crippen LogP contribution in [0, 0.1) is 0 Å². The fourth-order valence-corrected chi connectivity index (χ4v) is 4.04. The van der Waals surface area contributed by atoms with Gasteiger partial charge in [0, 0.05) is 29.1 Å². The average molecular weight is 500 g/mol. The van der Waals surface area contributed by atoms with Crippen LogP contribution >= 0.6 is 23.7 Å². The van der Waals surface area contributed by atoms with Crippen LogP contribution in [0.1, 0.15) is 16.9 Å². The molecule has 0 fully saturated rings. The lowest BCUT2D eigenvalue weighted by atomic mass is 10.0. The van der Waals surface area contributed by atoms with E-state index in [-0.39, 0.29) is 30.3 Å². The zero-order chi connectivity index (χ0) is 23.5. The van der Waals surface area contributed by atoms with Crippen molar-refractivity contribution in [3.63, 3.8) is 0 Å². The number of carbonyl (C=O) groups is 2. The molecule has 180 valence electrons. The summed E-state index contributed by atoms with van der Waals surface area (Å²) in [5.41, 5.74) is 7.95. The van der Waals surface area contributed by atoms with Crippen molar-refractivity contribution in [3.05, 3.63) is 94.7 Å². The summed E-state index contributed by atoms with van der Waals surface area (Å²) in [6, 6.07) is 20.0. The predicted molar refractivity (Wildman–Crippen MR) is 141 cm³/mol. The first kappa shape index (κ1) is 27.1. The van der Waals surface area contributed by atoms with Crippen LogP contribution in [0.3, 0.4) is 0 Å². The van der Waals surface area contributed by atoms with Crippen molar-refractivity contribution in [1.29, 1.82) is 0 Å². The van der Waals surface area contributed by atoms with Gasteiger partial charge in [-0.15, -0.1) is 23.7 Å². The van der Waals surface area contributed by atoms with Crippen molar-refractivity contribution in [3.8, 4) is 5.75 Å². The molecule has 3 rings (SSSR count). The topological polar surface area (TPSA) is 93.5 Å². The molecule has 2 amide bonds. The monoisotopic (exact) mass is 499 g/mol. The zero-order valence-electron chi connectivity index (χ0n) is 19.0. The minimum atomic E-state index is -0.649. The number of nitrogens with one attached hydrogen (secondary N) is 2. The number of hydrogen-bond acceptors (Lipinski definition) is 5. The van der Waals surface area contributed by atoms with E-state index in [1.807, 2.05) is 47.8 Å². The summed E-state index contributed by atoms with van der Waals surface area (Å²) in [5.74, 6) is 0.204. The quantitative estimate of drug-likeness (QED) is 0.342. The lowest BCUT2D eigenvalue weighted by molar-refractivity contribution is -0.122. The van der Waals surface area contributed by atoms with Crippen molar-refractivity contribution in [1.82, 2.24) is 5.32 Å². The van der Waals surface area contributed by atoms with Crippen LogP contribution in [0.15, 0.2) is 84.3 Å². The number of aryl methyl sites for hydroxylation is 1. The van der Waals surface area contributed by atoms with Crippen LogP contribution in [-0.4, -0.2) is 31.0 Å². The summed E-state index contributed by atoms with van der Waals surface area (Å²) in [6.07, 6.45) is 5.06. The lowest BCUT2D eigenvalue weighted by Gasteiger charge is -2.18. The summed E-state index contributed by atoms with van der Waals surface area (Å²) < 4.78 is 5.13. The molecule has 2 atom stereocenters. The smallest absolute Gasteiger partial charge is 0.248 e. The van der Waals surface area contributed by atoms with E-state index in [9.17, 15) is 9.59 Å². The van der Waals surface area contributed by atoms with E-state index >= 15 is 0 Å². The van der Waals surface area contributed by atoms with Gasteiger partial charge in [0.15, 0.2) is 0 Å². The number of benzene rings is 2. The standard InChI is InChI=1S/C26H29N3O3S.ClH/c1-32-22-14-11-20(12-15-22)28-25(30)16-13-21(10-9-19-6-3-2-4-7-19)29-26(31)24(27)18-23-8-5-17-33-23;/h2-8,11-17,21,24H,9-10,18,27H2,1H3,(H,28,30)(H,29,31);1H/t21?,24-;/m0./s1. The number of ether oxygens (including phenoxy) is 1. The molecule has 0 saturated heterocycles. The zero-order valence-corrected chi connectivity index (χ0v) is 20.6. The normalized spacial score (nSPS) is 12.4. The Hall–Kier alpha value is -3.13. The van der Waals surface area contributed by atoms with E-state index in [1.54, 1.807) is 48.8 Å². The molecule has 2 aromatic carbocycles. The number of halogens is 1. The molecular formula is C26H30ClN3O3S. The largest absolute Gasteiger partial charge is 0.497 e. The Labute approximate surface area is 210 Å². The van der Waals surface area contributed by atoms with Crippen LogP contribution < -0.4 is 21.1 Å². The lowest BCUT2D eigenvalue weighted by Crippen LogP contribution is -2.46. The molecule has 4 N–H and O–H groups in total. The third kappa shape index (κ3) is 9.02. The van der Waals surface area contributed by atoms with Gasteiger partial charge in [-0.3, -0.25) is 9.59 Å². The number of rotatable bonds is 11. The highest BCUT2D eigenvalue weighted by Crippen LogP contribution is 2.15. The number of hydrogen-bond donors (Lipinski definition) is 3. The molecule has 0 aliphatic heterocycles. The molecule has 0 aliphatic rings. The van der Waals surface area contributed by atoms with Gasteiger partial charge in [-0.05, 0) is 54.1 Å². The van der Waals surface area contributed by atoms with E-state index in [4.69, 9.17) is 10.5 Å². The molecule has 8 heteroatoms. The van der Waals surface area contributed by atoms with E-state index in [1.165, 1.54) is 6.08 Å². The van der Waals surface area contributed by atoms with Gasteiger partial charge in [-0.1, -0.05) is 42.5 Å². The fourth-order valence-electron chi connectivity index (χ4n) is 3.27. The highest BCUT2D eigenvalue weighted by atomic mass is 35.5. The molecule has 0 spiro atoms. The van der Waals surface area contributed by atoms with Crippen LogP contribution in [0.2, 0.25) is 0 Å². The van der Waals surface area contributed by atoms with Crippen molar-refractivity contribution in [2.45, 2.75) is 31.3 Å². The summed E-state index contributed by atoms with van der Waals surface area (Å²) in [7, 11) is 1.59. The molecule has 0 radical (unpaired) electrons. The minimum absolute atomic E-state index is 0. The number of amides is 2. The Bertz CT molecular complexity index is 1040. The van der Waals surface area contributed by atoms with Gasteiger partial charge in [-0.2, -0.15) is 0 Å². The van der Waals surface area contributed by atoms with Gasteiger partial charge < -0.3 is 21.1 Å². The molecule has 0 aliphatic carbocycles. The second-order valence-corrected chi connectivity index (χ2v) is 8.64. The molecule has 1 unspecified atom stereocenters. The van der Waals surface area contributed by atoms with Crippen molar-refractivity contribution in [2.24, 2.45) is 5.73 Å². The minimum Gasteiger partial charge on any atom is -0.497 e. The van der Waals surface area contributed by atoms with E-state index < -0.39 is 6.04 Å². The summed E-state index contributed by atoms with van der Waals surface area (Å²) in [6.45, 7) is 0. The van der Waals surface area contributed by atoms with Gasteiger partial charge in [0.25, 0.3) is 0 Å². The Kier molecular flexibility index (Phi) is 11.3. The molecule has 0 saturated carbocycles. The SMILES string of the molecule is COc1ccc(NC(=O)C=CC(CCc2ccccc2)NC(=O)[C@@H](N)Cc2cccs2)cc1.Cl. The number of carbonyl (C=O) groups excluding carboxylic acids is 2. The average Bonchev–Trinajstić information content (AvgIpc) is 3.35.